The van der Waals surface area contributed by atoms with Crippen LogP contribution in [0.1, 0.15) is 30.4 Å². The van der Waals surface area contributed by atoms with Crippen LogP contribution in [0.3, 0.4) is 0 Å². The Bertz CT molecular complexity index is 1250. The SMILES string of the molecule is Cc1ccc(S(=O)(=O)Oc2ccccc2/C=C2\SC(=O)N(CC(=O)N3CCCCC3)C2=O)cc1. The van der Waals surface area contributed by atoms with Crippen LogP contribution in [0.25, 0.3) is 6.08 Å². The van der Waals surface area contributed by atoms with Gasteiger partial charge >= 0.3 is 10.1 Å². The predicted molar refractivity (Wildman–Crippen MR) is 129 cm³/mol. The highest BCUT2D eigenvalue weighted by Gasteiger charge is 2.37. The molecule has 0 aromatic heterocycles. The van der Waals surface area contributed by atoms with E-state index in [0.29, 0.717) is 30.4 Å². The van der Waals surface area contributed by atoms with Gasteiger partial charge in [0.15, 0.2) is 0 Å². The maximum atomic E-state index is 12.9. The number of hydrogen-bond acceptors (Lipinski definition) is 7. The third-order valence-corrected chi connectivity index (χ3v) is 7.75. The van der Waals surface area contributed by atoms with Crippen LogP contribution in [0.2, 0.25) is 0 Å². The van der Waals surface area contributed by atoms with E-state index in [1.807, 2.05) is 6.92 Å². The first-order valence-corrected chi connectivity index (χ1v) is 13.1. The number of carbonyl (C=O) groups is 3. The van der Waals surface area contributed by atoms with E-state index >= 15 is 0 Å². The van der Waals surface area contributed by atoms with Crippen molar-refractivity contribution in [2.24, 2.45) is 0 Å². The van der Waals surface area contributed by atoms with Crippen LogP contribution in [0.5, 0.6) is 5.75 Å². The Morgan fingerprint density at radius 2 is 1.71 bits per heavy atom. The first kappa shape index (κ1) is 24.0. The van der Waals surface area contributed by atoms with Crippen LogP contribution in [0, 0.1) is 6.92 Å². The van der Waals surface area contributed by atoms with Gasteiger partial charge in [-0.1, -0.05) is 35.9 Å². The van der Waals surface area contributed by atoms with Gasteiger partial charge in [0, 0.05) is 18.7 Å². The topological polar surface area (TPSA) is 101 Å². The standard InChI is InChI=1S/C24H24N2O6S2/c1-17-9-11-19(12-10-17)34(30,31)32-20-8-4-3-7-18(20)15-21-23(28)26(24(29)33-21)16-22(27)25-13-5-2-6-14-25/h3-4,7-12,15H,2,5-6,13-14,16H2,1H3/b21-15-. The van der Waals surface area contributed by atoms with Gasteiger partial charge in [-0.25, -0.2) is 0 Å². The molecule has 0 atom stereocenters. The van der Waals surface area contributed by atoms with Gasteiger partial charge in [-0.3, -0.25) is 19.3 Å². The molecular formula is C24H24N2O6S2. The van der Waals surface area contributed by atoms with E-state index in [-0.39, 0.29) is 28.0 Å². The number of amides is 3. The monoisotopic (exact) mass is 500 g/mol. The smallest absolute Gasteiger partial charge is 0.339 e. The summed E-state index contributed by atoms with van der Waals surface area (Å²) in [4.78, 5) is 40.6. The van der Waals surface area contributed by atoms with Crippen molar-refractivity contribution in [2.75, 3.05) is 19.6 Å². The molecule has 0 N–H and O–H groups in total. The van der Waals surface area contributed by atoms with Crippen LogP contribution >= 0.6 is 11.8 Å². The molecule has 2 aromatic rings. The number of imide groups is 1. The Morgan fingerprint density at radius 3 is 2.41 bits per heavy atom. The van der Waals surface area contributed by atoms with Crippen LogP contribution in [0.15, 0.2) is 58.3 Å². The number of hydrogen-bond donors (Lipinski definition) is 0. The Labute approximate surface area is 202 Å². The van der Waals surface area contributed by atoms with Gasteiger partial charge in [-0.15, -0.1) is 0 Å². The molecule has 0 unspecified atom stereocenters. The van der Waals surface area contributed by atoms with Crippen LogP contribution < -0.4 is 4.18 Å². The van der Waals surface area contributed by atoms with Crippen molar-refractivity contribution in [1.29, 1.82) is 0 Å². The van der Waals surface area contributed by atoms with Gasteiger partial charge in [0.1, 0.15) is 17.2 Å². The van der Waals surface area contributed by atoms with Crippen molar-refractivity contribution in [3.8, 4) is 5.75 Å². The Kier molecular flexibility index (Phi) is 7.08. The third kappa shape index (κ3) is 5.34. The molecule has 2 heterocycles. The number of benzene rings is 2. The van der Waals surface area contributed by atoms with Gasteiger partial charge in [0.25, 0.3) is 11.1 Å². The van der Waals surface area contributed by atoms with E-state index in [1.165, 1.54) is 24.3 Å². The summed E-state index contributed by atoms with van der Waals surface area (Å²) < 4.78 is 30.8. The molecule has 2 aliphatic rings. The number of aryl methyl sites for hydroxylation is 1. The Morgan fingerprint density at radius 1 is 1.03 bits per heavy atom. The maximum Gasteiger partial charge on any atom is 0.339 e. The summed E-state index contributed by atoms with van der Waals surface area (Å²) >= 11 is 0.713. The van der Waals surface area contributed by atoms with E-state index in [1.54, 1.807) is 35.2 Å². The van der Waals surface area contributed by atoms with Gasteiger partial charge < -0.3 is 9.08 Å². The van der Waals surface area contributed by atoms with E-state index in [9.17, 15) is 22.8 Å². The van der Waals surface area contributed by atoms with E-state index in [4.69, 9.17) is 4.18 Å². The predicted octanol–water partition coefficient (Wildman–Crippen LogP) is 3.81. The average molecular weight is 501 g/mol. The lowest BCUT2D eigenvalue weighted by Gasteiger charge is -2.27. The van der Waals surface area contributed by atoms with Crippen molar-refractivity contribution in [1.82, 2.24) is 9.80 Å². The highest BCUT2D eigenvalue weighted by molar-refractivity contribution is 8.18. The fourth-order valence-corrected chi connectivity index (χ4v) is 5.49. The van der Waals surface area contributed by atoms with Crippen LogP contribution in [0.4, 0.5) is 4.79 Å². The number of likely N-dealkylation sites (tertiary alicyclic amines) is 1. The fourth-order valence-electron chi connectivity index (χ4n) is 3.70. The summed E-state index contributed by atoms with van der Waals surface area (Å²) in [6.07, 6.45) is 4.30. The first-order valence-electron chi connectivity index (χ1n) is 10.9. The molecule has 0 spiro atoms. The second-order valence-electron chi connectivity index (χ2n) is 8.10. The summed E-state index contributed by atoms with van der Waals surface area (Å²) in [5.74, 6) is -0.813. The fraction of sp³-hybridized carbons (Fsp3) is 0.292. The Balaban J connectivity index is 1.53. The molecule has 34 heavy (non-hydrogen) atoms. The van der Waals surface area contributed by atoms with Gasteiger partial charge in [-0.05, 0) is 62.2 Å². The number of nitrogens with zero attached hydrogens (tertiary/aromatic N) is 2. The first-order chi connectivity index (χ1) is 16.2. The summed E-state index contributed by atoms with van der Waals surface area (Å²) in [6.45, 7) is 2.80. The molecule has 0 radical (unpaired) electrons. The number of piperidine rings is 1. The summed E-state index contributed by atoms with van der Waals surface area (Å²) in [6, 6.07) is 12.6. The molecule has 4 rings (SSSR count). The van der Waals surface area contributed by atoms with Gasteiger partial charge in [0.2, 0.25) is 5.91 Å². The number of rotatable bonds is 6. The van der Waals surface area contributed by atoms with Gasteiger partial charge in [-0.2, -0.15) is 8.42 Å². The lowest BCUT2D eigenvalue weighted by Crippen LogP contribution is -2.44. The molecule has 0 bridgehead atoms. The summed E-state index contributed by atoms with van der Waals surface area (Å²) in [5, 5.41) is -0.535. The third-order valence-electron chi connectivity index (χ3n) is 5.59. The molecule has 2 fully saturated rings. The minimum absolute atomic E-state index is 0.00412. The molecule has 2 aromatic carbocycles. The highest BCUT2D eigenvalue weighted by atomic mass is 32.2. The zero-order chi connectivity index (χ0) is 24.3. The van der Waals surface area contributed by atoms with Crippen molar-refractivity contribution >= 4 is 45.0 Å². The lowest BCUT2D eigenvalue weighted by atomic mass is 10.1. The molecule has 2 saturated heterocycles. The number of para-hydroxylation sites is 1. The van der Waals surface area contributed by atoms with Crippen molar-refractivity contribution < 1.29 is 27.0 Å². The Hall–Kier alpha value is -3.11. The quantitative estimate of drug-likeness (QED) is 0.439. The molecule has 3 amide bonds. The summed E-state index contributed by atoms with van der Waals surface area (Å²) in [5.41, 5.74) is 1.24. The normalized spacial score (nSPS) is 18.0. The molecular weight excluding hydrogens is 476 g/mol. The van der Waals surface area contributed by atoms with Crippen molar-refractivity contribution in [3.05, 3.63) is 64.6 Å². The zero-order valence-corrected chi connectivity index (χ0v) is 20.2. The molecule has 8 nitrogen and oxygen atoms in total. The lowest BCUT2D eigenvalue weighted by molar-refractivity contribution is -0.136. The van der Waals surface area contributed by atoms with Gasteiger partial charge in [0.05, 0.1) is 4.91 Å². The molecule has 0 aliphatic carbocycles. The van der Waals surface area contributed by atoms with Crippen molar-refractivity contribution in [2.45, 2.75) is 31.1 Å². The minimum atomic E-state index is -4.10. The van der Waals surface area contributed by atoms with E-state index < -0.39 is 21.3 Å². The maximum absolute atomic E-state index is 12.9. The minimum Gasteiger partial charge on any atom is -0.378 e. The van der Waals surface area contributed by atoms with Crippen LogP contribution in [-0.2, 0) is 19.7 Å². The largest absolute Gasteiger partial charge is 0.378 e. The van der Waals surface area contributed by atoms with E-state index in [0.717, 1.165) is 29.7 Å². The highest BCUT2D eigenvalue weighted by Crippen LogP contribution is 2.34. The average Bonchev–Trinajstić information content (AvgIpc) is 3.08. The second kappa shape index (κ2) is 10.0. The summed E-state index contributed by atoms with van der Waals surface area (Å²) in [7, 11) is -4.10. The number of thioether (sulfide) groups is 1. The van der Waals surface area contributed by atoms with E-state index in [2.05, 4.69) is 0 Å². The number of carbonyl (C=O) groups excluding carboxylic acids is 3. The van der Waals surface area contributed by atoms with Crippen molar-refractivity contribution in [3.63, 3.8) is 0 Å². The molecule has 178 valence electrons. The molecule has 2 aliphatic heterocycles. The molecule has 10 heteroatoms. The zero-order valence-electron chi connectivity index (χ0n) is 18.6. The molecule has 0 saturated carbocycles. The van der Waals surface area contributed by atoms with Crippen LogP contribution in [-0.4, -0.2) is 54.9 Å². The second-order valence-corrected chi connectivity index (χ2v) is 10.6.